The molecule has 0 radical (unpaired) electrons. The van der Waals surface area contributed by atoms with E-state index in [9.17, 15) is 9.59 Å². The van der Waals surface area contributed by atoms with Crippen molar-refractivity contribution in [3.8, 4) is 0 Å². The standard InChI is InChI=1S/C20H27N3O4/c1-3-14(4-2)23-17-8-7-13(20(26)21-12-19(24)25)10-16(17)22-18(23)11-15-6-5-9-27-15/h7-8,10,14-15H,3-6,9,11-12H2,1-2H3,(H,21,26)(H,24,25). The van der Waals surface area contributed by atoms with Crippen molar-refractivity contribution in [3.63, 3.8) is 0 Å². The molecule has 7 nitrogen and oxygen atoms in total. The molecule has 2 N–H and O–H groups in total. The zero-order chi connectivity index (χ0) is 19.4. The van der Waals surface area contributed by atoms with Gasteiger partial charge in [0.15, 0.2) is 0 Å². The lowest BCUT2D eigenvalue weighted by Gasteiger charge is -2.20. The lowest BCUT2D eigenvalue weighted by molar-refractivity contribution is -0.135. The van der Waals surface area contributed by atoms with Crippen LogP contribution in [0.3, 0.4) is 0 Å². The first-order chi connectivity index (χ1) is 13.0. The molecule has 2 aromatic rings. The second-order valence-corrected chi connectivity index (χ2v) is 6.99. The monoisotopic (exact) mass is 373 g/mol. The SMILES string of the molecule is CCC(CC)n1c(CC2CCCO2)nc2cc(C(=O)NCC(=O)O)ccc21. The first-order valence-corrected chi connectivity index (χ1v) is 9.65. The summed E-state index contributed by atoms with van der Waals surface area (Å²) in [5, 5.41) is 11.1. The van der Waals surface area contributed by atoms with E-state index in [1.165, 1.54) is 0 Å². The summed E-state index contributed by atoms with van der Waals surface area (Å²) in [6.07, 6.45) is 5.11. The maximum atomic E-state index is 12.2. The molecule has 27 heavy (non-hydrogen) atoms. The molecule has 0 aliphatic carbocycles. The number of nitrogens with zero attached hydrogens (tertiary/aromatic N) is 2. The fraction of sp³-hybridized carbons (Fsp3) is 0.550. The number of hydrogen-bond acceptors (Lipinski definition) is 4. The molecule has 2 heterocycles. The van der Waals surface area contributed by atoms with Gasteiger partial charge in [-0.15, -0.1) is 0 Å². The average molecular weight is 373 g/mol. The molecule has 1 amide bonds. The summed E-state index contributed by atoms with van der Waals surface area (Å²) in [6.45, 7) is 4.75. The van der Waals surface area contributed by atoms with Crippen molar-refractivity contribution >= 4 is 22.9 Å². The third-order valence-corrected chi connectivity index (χ3v) is 5.17. The van der Waals surface area contributed by atoms with Crippen molar-refractivity contribution in [3.05, 3.63) is 29.6 Å². The minimum Gasteiger partial charge on any atom is -0.480 e. The summed E-state index contributed by atoms with van der Waals surface area (Å²) in [5.41, 5.74) is 2.19. The highest BCUT2D eigenvalue weighted by atomic mass is 16.5. The van der Waals surface area contributed by atoms with Crippen molar-refractivity contribution < 1.29 is 19.4 Å². The Morgan fingerprint density at radius 3 is 2.78 bits per heavy atom. The number of carbonyl (C=O) groups is 2. The van der Waals surface area contributed by atoms with Crippen LogP contribution in [-0.4, -0.2) is 45.8 Å². The molecule has 1 aliphatic rings. The van der Waals surface area contributed by atoms with Crippen molar-refractivity contribution in [1.29, 1.82) is 0 Å². The van der Waals surface area contributed by atoms with Crippen LogP contribution in [0, 0.1) is 0 Å². The fourth-order valence-electron chi connectivity index (χ4n) is 3.76. The molecule has 146 valence electrons. The van der Waals surface area contributed by atoms with E-state index in [2.05, 4.69) is 23.7 Å². The number of carbonyl (C=O) groups excluding carboxylic acids is 1. The van der Waals surface area contributed by atoms with Crippen LogP contribution in [0.15, 0.2) is 18.2 Å². The van der Waals surface area contributed by atoms with Gasteiger partial charge in [-0.05, 0) is 43.9 Å². The highest BCUT2D eigenvalue weighted by Crippen LogP contribution is 2.28. The Morgan fingerprint density at radius 1 is 1.37 bits per heavy atom. The molecule has 1 atom stereocenters. The Bertz CT molecular complexity index is 820. The predicted molar refractivity (Wildman–Crippen MR) is 102 cm³/mol. The quantitative estimate of drug-likeness (QED) is 0.742. The van der Waals surface area contributed by atoms with E-state index in [-0.39, 0.29) is 6.10 Å². The minimum absolute atomic E-state index is 0.202. The number of nitrogens with one attached hydrogen (secondary N) is 1. The van der Waals surface area contributed by atoms with Crippen molar-refractivity contribution in [1.82, 2.24) is 14.9 Å². The number of aliphatic carboxylic acids is 1. The number of fused-ring (bicyclic) bond motifs is 1. The van der Waals surface area contributed by atoms with Crippen molar-refractivity contribution in [2.24, 2.45) is 0 Å². The largest absolute Gasteiger partial charge is 0.480 e. The van der Waals surface area contributed by atoms with E-state index in [0.29, 0.717) is 11.6 Å². The number of amides is 1. The van der Waals surface area contributed by atoms with Crippen LogP contribution in [-0.2, 0) is 16.0 Å². The molecule has 1 aromatic heterocycles. The molecule has 1 aliphatic heterocycles. The van der Waals surface area contributed by atoms with Crippen molar-refractivity contribution in [2.45, 2.75) is 58.1 Å². The smallest absolute Gasteiger partial charge is 0.322 e. The average Bonchev–Trinajstić information content (AvgIpc) is 3.29. The number of rotatable bonds is 8. The lowest BCUT2D eigenvalue weighted by atomic mass is 10.1. The number of benzene rings is 1. The third-order valence-electron chi connectivity index (χ3n) is 5.17. The highest BCUT2D eigenvalue weighted by molar-refractivity contribution is 5.98. The van der Waals surface area contributed by atoms with Crippen molar-refractivity contribution in [2.75, 3.05) is 13.2 Å². The first kappa shape index (κ1) is 19.4. The van der Waals surface area contributed by atoms with E-state index in [1.807, 2.05) is 6.07 Å². The molecule has 0 saturated carbocycles. The molecule has 1 saturated heterocycles. The predicted octanol–water partition coefficient (Wildman–Crippen LogP) is 2.93. The summed E-state index contributed by atoms with van der Waals surface area (Å²) in [6, 6.07) is 5.73. The topological polar surface area (TPSA) is 93.5 Å². The Kier molecular flexibility index (Phi) is 6.11. The van der Waals surface area contributed by atoms with Gasteiger partial charge < -0.3 is 19.7 Å². The molecule has 1 aromatic carbocycles. The van der Waals surface area contributed by atoms with Gasteiger partial charge in [-0.2, -0.15) is 0 Å². The van der Waals surface area contributed by atoms with Crippen LogP contribution in [0.5, 0.6) is 0 Å². The number of ether oxygens (including phenoxy) is 1. The van der Waals surface area contributed by atoms with Gasteiger partial charge in [0.2, 0.25) is 0 Å². The van der Waals surface area contributed by atoms with E-state index < -0.39 is 18.4 Å². The normalized spacial score (nSPS) is 16.9. The molecule has 0 bridgehead atoms. The van der Waals surface area contributed by atoms with E-state index >= 15 is 0 Å². The van der Waals surface area contributed by atoms with E-state index in [0.717, 1.165) is 55.6 Å². The Morgan fingerprint density at radius 2 is 2.15 bits per heavy atom. The lowest BCUT2D eigenvalue weighted by Crippen LogP contribution is -2.29. The summed E-state index contributed by atoms with van der Waals surface area (Å²) in [7, 11) is 0. The molecule has 7 heteroatoms. The van der Waals surface area contributed by atoms with Gasteiger partial charge in [0.05, 0.1) is 17.1 Å². The fourth-order valence-corrected chi connectivity index (χ4v) is 3.76. The number of carboxylic acids is 1. The third kappa shape index (κ3) is 4.30. The molecule has 1 unspecified atom stereocenters. The van der Waals surface area contributed by atoms with Gasteiger partial charge >= 0.3 is 5.97 Å². The minimum atomic E-state index is -1.07. The zero-order valence-electron chi connectivity index (χ0n) is 15.9. The molecular formula is C20H27N3O4. The second-order valence-electron chi connectivity index (χ2n) is 6.99. The summed E-state index contributed by atoms with van der Waals surface area (Å²) < 4.78 is 8.09. The van der Waals surface area contributed by atoms with Crippen LogP contribution in [0.25, 0.3) is 11.0 Å². The Balaban J connectivity index is 1.95. The van der Waals surface area contributed by atoms with Gasteiger partial charge in [0.25, 0.3) is 5.91 Å². The Hall–Kier alpha value is -2.41. The van der Waals surface area contributed by atoms with Gasteiger partial charge in [0, 0.05) is 24.6 Å². The molecular weight excluding hydrogens is 346 g/mol. The van der Waals surface area contributed by atoms with Crippen LogP contribution >= 0.6 is 0 Å². The van der Waals surface area contributed by atoms with Gasteiger partial charge in [-0.1, -0.05) is 13.8 Å². The molecule has 1 fully saturated rings. The first-order valence-electron chi connectivity index (χ1n) is 9.65. The van der Waals surface area contributed by atoms with Crippen LogP contribution in [0.1, 0.15) is 61.8 Å². The number of carboxylic acid groups (broad SMARTS) is 1. The van der Waals surface area contributed by atoms with Gasteiger partial charge in [-0.25, -0.2) is 4.98 Å². The number of imidazole rings is 1. The van der Waals surface area contributed by atoms with Crippen LogP contribution < -0.4 is 5.32 Å². The summed E-state index contributed by atoms with van der Waals surface area (Å²) in [4.78, 5) is 27.7. The van der Waals surface area contributed by atoms with E-state index in [4.69, 9.17) is 14.8 Å². The summed E-state index contributed by atoms with van der Waals surface area (Å²) in [5.74, 6) is -0.480. The maximum Gasteiger partial charge on any atom is 0.322 e. The summed E-state index contributed by atoms with van der Waals surface area (Å²) >= 11 is 0. The van der Waals surface area contributed by atoms with Gasteiger partial charge in [-0.3, -0.25) is 9.59 Å². The second kappa shape index (κ2) is 8.52. The number of hydrogen-bond donors (Lipinski definition) is 2. The van der Waals surface area contributed by atoms with Crippen LogP contribution in [0.2, 0.25) is 0 Å². The Labute approximate surface area is 158 Å². The highest BCUT2D eigenvalue weighted by Gasteiger charge is 2.23. The van der Waals surface area contributed by atoms with E-state index in [1.54, 1.807) is 12.1 Å². The molecule has 3 rings (SSSR count). The maximum absolute atomic E-state index is 12.2. The molecule has 0 spiro atoms. The van der Waals surface area contributed by atoms with Gasteiger partial charge in [0.1, 0.15) is 12.4 Å². The zero-order valence-corrected chi connectivity index (χ0v) is 15.9. The number of aromatic nitrogens is 2. The van der Waals surface area contributed by atoms with Crippen LogP contribution in [0.4, 0.5) is 0 Å².